The third kappa shape index (κ3) is 4.18. The van der Waals surface area contributed by atoms with Crippen LogP contribution in [0, 0.1) is 5.92 Å². The second-order valence-electron chi connectivity index (χ2n) is 8.49. The predicted molar refractivity (Wildman–Crippen MR) is 117 cm³/mol. The molecule has 1 saturated carbocycles. The van der Waals surface area contributed by atoms with Gasteiger partial charge in [-0.25, -0.2) is 4.98 Å². The number of amides is 1. The van der Waals surface area contributed by atoms with Gasteiger partial charge < -0.3 is 4.90 Å². The van der Waals surface area contributed by atoms with Crippen LogP contribution in [0.15, 0.2) is 41.2 Å². The Kier molecular flexibility index (Phi) is 5.39. The van der Waals surface area contributed by atoms with Gasteiger partial charge in [0.15, 0.2) is 5.69 Å². The van der Waals surface area contributed by atoms with Crippen LogP contribution in [0.4, 0.5) is 0 Å². The summed E-state index contributed by atoms with van der Waals surface area (Å²) >= 11 is 1.55. The number of nitrogens with zero attached hydrogens (tertiary/aromatic N) is 5. The highest BCUT2D eigenvalue weighted by atomic mass is 32.1. The normalized spacial score (nSPS) is 16.4. The Balaban J connectivity index is 1.43. The van der Waals surface area contributed by atoms with Crippen molar-refractivity contribution in [1.82, 2.24) is 24.6 Å². The monoisotopic (exact) mass is 421 g/mol. The molecule has 1 aromatic carbocycles. The van der Waals surface area contributed by atoms with Gasteiger partial charge in [-0.2, -0.15) is 5.10 Å². The molecule has 0 atom stereocenters. The number of hydrogen-bond acceptors (Lipinski definition) is 5. The Morgan fingerprint density at radius 3 is 2.83 bits per heavy atom. The number of carbonyl (C=O) groups excluding carboxylic acids is 1. The summed E-state index contributed by atoms with van der Waals surface area (Å²) in [4.78, 5) is 21.9. The van der Waals surface area contributed by atoms with E-state index in [0.717, 1.165) is 43.2 Å². The first-order valence-corrected chi connectivity index (χ1v) is 11.6. The Labute approximate surface area is 181 Å². The van der Waals surface area contributed by atoms with Crippen LogP contribution < -0.4 is 0 Å². The van der Waals surface area contributed by atoms with Crippen molar-refractivity contribution in [1.29, 1.82) is 0 Å². The maximum absolute atomic E-state index is 13.4. The van der Waals surface area contributed by atoms with Crippen LogP contribution >= 0.6 is 11.3 Å². The minimum Gasteiger partial charge on any atom is -0.334 e. The van der Waals surface area contributed by atoms with Crippen LogP contribution in [-0.2, 0) is 26.1 Å². The predicted octanol–water partition coefficient (Wildman–Crippen LogP) is 3.43. The highest BCUT2D eigenvalue weighted by molar-refractivity contribution is 7.07. The summed E-state index contributed by atoms with van der Waals surface area (Å²) in [6.07, 6.45) is 3.64. The van der Waals surface area contributed by atoms with E-state index in [4.69, 9.17) is 5.10 Å². The fourth-order valence-electron chi connectivity index (χ4n) is 4.24. The molecule has 0 unspecified atom stereocenters. The van der Waals surface area contributed by atoms with Crippen LogP contribution in [-0.4, -0.2) is 50.6 Å². The van der Waals surface area contributed by atoms with Gasteiger partial charge in [0, 0.05) is 49.7 Å². The molecule has 0 radical (unpaired) electrons. The minimum absolute atomic E-state index is 0.0145. The lowest BCUT2D eigenvalue weighted by molar-refractivity contribution is 0.0774. The van der Waals surface area contributed by atoms with Crippen molar-refractivity contribution in [2.45, 2.75) is 38.9 Å². The number of carbonyl (C=O) groups is 1. The third-order valence-electron chi connectivity index (χ3n) is 6.03. The van der Waals surface area contributed by atoms with Crippen molar-refractivity contribution in [2.75, 3.05) is 20.1 Å². The standard InChI is InChI=1S/C23H27N5OS/c1-26(13-19-15-30-16-24-19)23(29)22-20-14-27(11-18-7-8-18)10-9-21(20)28(25-22)12-17-5-3-2-4-6-17/h2-6,15-16,18H,7-14H2,1H3. The SMILES string of the molecule is CN(Cc1cscn1)C(=O)c1nn(Cc2ccccc2)c2c1CN(CC1CC1)CC2. The zero-order valence-electron chi connectivity index (χ0n) is 17.3. The van der Waals surface area contributed by atoms with E-state index < -0.39 is 0 Å². The van der Waals surface area contributed by atoms with Gasteiger partial charge in [-0.3, -0.25) is 14.4 Å². The summed E-state index contributed by atoms with van der Waals surface area (Å²) in [5, 5.41) is 6.84. The number of hydrogen-bond donors (Lipinski definition) is 0. The maximum atomic E-state index is 13.4. The first-order valence-electron chi connectivity index (χ1n) is 10.6. The minimum atomic E-state index is -0.0145. The number of fused-ring (bicyclic) bond motifs is 1. The third-order valence-corrected chi connectivity index (χ3v) is 6.67. The summed E-state index contributed by atoms with van der Waals surface area (Å²) in [7, 11) is 1.84. The Morgan fingerprint density at radius 1 is 1.27 bits per heavy atom. The molecule has 0 saturated heterocycles. The topological polar surface area (TPSA) is 54.3 Å². The number of benzene rings is 1. The van der Waals surface area contributed by atoms with E-state index in [1.807, 2.05) is 18.5 Å². The molecular formula is C23H27N5OS. The molecule has 156 valence electrons. The lowest BCUT2D eigenvalue weighted by Crippen LogP contribution is -2.34. The highest BCUT2D eigenvalue weighted by Crippen LogP contribution is 2.32. The molecule has 3 aromatic rings. The van der Waals surface area contributed by atoms with E-state index >= 15 is 0 Å². The molecule has 1 aliphatic carbocycles. The molecule has 1 amide bonds. The van der Waals surface area contributed by atoms with E-state index in [1.54, 1.807) is 21.7 Å². The molecule has 0 N–H and O–H groups in total. The fraction of sp³-hybridized carbons (Fsp3) is 0.435. The molecule has 30 heavy (non-hydrogen) atoms. The van der Waals surface area contributed by atoms with Crippen molar-refractivity contribution in [3.63, 3.8) is 0 Å². The highest BCUT2D eigenvalue weighted by Gasteiger charge is 2.32. The fourth-order valence-corrected chi connectivity index (χ4v) is 4.79. The summed E-state index contributed by atoms with van der Waals surface area (Å²) in [6, 6.07) is 10.4. The lowest BCUT2D eigenvalue weighted by atomic mass is 10.0. The molecule has 5 rings (SSSR count). The molecule has 2 aromatic heterocycles. The smallest absolute Gasteiger partial charge is 0.274 e. The van der Waals surface area contributed by atoms with Gasteiger partial charge in [-0.15, -0.1) is 11.3 Å². The molecular weight excluding hydrogens is 394 g/mol. The first kappa shape index (κ1) is 19.5. The average Bonchev–Trinajstić information content (AvgIpc) is 3.29. The van der Waals surface area contributed by atoms with Crippen molar-refractivity contribution >= 4 is 17.2 Å². The summed E-state index contributed by atoms with van der Waals surface area (Å²) < 4.78 is 2.06. The number of aromatic nitrogens is 3. The van der Waals surface area contributed by atoms with E-state index in [-0.39, 0.29) is 5.91 Å². The first-order chi connectivity index (χ1) is 14.7. The van der Waals surface area contributed by atoms with E-state index in [0.29, 0.717) is 18.8 Å². The summed E-state index contributed by atoms with van der Waals surface area (Å²) in [5.74, 6) is 0.830. The Bertz CT molecular complexity index is 1010. The quantitative estimate of drug-likeness (QED) is 0.587. The zero-order chi connectivity index (χ0) is 20.5. The Morgan fingerprint density at radius 2 is 2.10 bits per heavy atom. The van der Waals surface area contributed by atoms with E-state index in [9.17, 15) is 4.79 Å². The summed E-state index contributed by atoms with van der Waals surface area (Å²) in [6.45, 7) is 4.23. The van der Waals surface area contributed by atoms with Crippen molar-refractivity contribution < 1.29 is 4.79 Å². The van der Waals surface area contributed by atoms with Crippen molar-refractivity contribution in [2.24, 2.45) is 5.92 Å². The van der Waals surface area contributed by atoms with Gasteiger partial charge >= 0.3 is 0 Å². The molecule has 0 spiro atoms. The molecule has 7 heteroatoms. The van der Waals surface area contributed by atoms with Gasteiger partial charge in [0.25, 0.3) is 5.91 Å². The van der Waals surface area contributed by atoms with Crippen LogP contribution in [0.3, 0.4) is 0 Å². The molecule has 6 nitrogen and oxygen atoms in total. The second kappa shape index (κ2) is 8.32. The average molecular weight is 422 g/mol. The van der Waals surface area contributed by atoms with Crippen molar-refractivity contribution in [3.05, 3.63) is 69.4 Å². The molecule has 2 aliphatic rings. The van der Waals surface area contributed by atoms with E-state index in [2.05, 4.69) is 38.8 Å². The Hall–Kier alpha value is -2.51. The zero-order valence-corrected chi connectivity index (χ0v) is 18.1. The van der Waals surface area contributed by atoms with Gasteiger partial charge in [-0.1, -0.05) is 30.3 Å². The number of rotatable bonds is 7. The number of thiazole rings is 1. The van der Waals surface area contributed by atoms with Crippen LogP contribution in [0.2, 0.25) is 0 Å². The van der Waals surface area contributed by atoms with E-state index in [1.165, 1.54) is 24.1 Å². The van der Waals surface area contributed by atoms with Crippen molar-refractivity contribution in [3.8, 4) is 0 Å². The molecule has 0 bridgehead atoms. The van der Waals surface area contributed by atoms with Crippen LogP contribution in [0.5, 0.6) is 0 Å². The van der Waals surface area contributed by atoms with Gasteiger partial charge in [-0.05, 0) is 24.3 Å². The van der Waals surface area contributed by atoms with Crippen LogP contribution in [0.1, 0.15) is 45.8 Å². The molecule has 3 heterocycles. The van der Waals surface area contributed by atoms with Gasteiger partial charge in [0.1, 0.15) is 0 Å². The van der Waals surface area contributed by atoms with Gasteiger partial charge in [0.05, 0.1) is 24.3 Å². The molecule has 1 fully saturated rings. The largest absolute Gasteiger partial charge is 0.334 e. The summed E-state index contributed by atoms with van der Waals surface area (Å²) in [5.41, 5.74) is 6.88. The van der Waals surface area contributed by atoms with Crippen LogP contribution in [0.25, 0.3) is 0 Å². The van der Waals surface area contributed by atoms with Gasteiger partial charge in [0.2, 0.25) is 0 Å². The second-order valence-corrected chi connectivity index (χ2v) is 9.21. The lowest BCUT2D eigenvalue weighted by Gasteiger charge is -2.28. The molecule has 1 aliphatic heterocycles. The maximum Gasteiger partial charge on any atom is 0.274 e.